The van der Waals surface area contributed by atoms with Crippen molar-refractivity contribution in [2.24, 2.45) is 11.8 Å². The summed E-state index contributed by atoms with van der Waals surface area (Å²) in [7, 11) is 1.30. The van der Waals surface area contributed by atoms with E-state index < -0.39 is 17.8 Å². The fraction of sp³-hybridized carbons (Fsp3) is 0.522. The highest BCUT2D eigenvalue weighted by molar-refractivity contribution is 7.10. The van der Waals surface area contributed by atoms with Crippen LogP contribution in [0.15, 0.2) is 40.1 Å². The molecule has 1 aliphatic heterocycles. The molecule has 0 radical (unpaired) electrons. The van der Waals surface area contributed by atoms with Gasteiger partial charge in [-0.1, -0.05) is 13.0 Å². The van der Waals surface area contributed by atoms with Gasteiger partial charge in [0.15, 0.2) is 5.78 Å². The first kappa shape index (κ1) is 20.8. The van der Waals surface area contributed by atoms with Gasteiger partial charge in [-0.2, -0.15) is 0 Å². The number of ketones is 1. The Labute approximate surface area is 180 Å². The van der Waals surface area contributed by atoms with Crippen LogP contribution in [0.5, 0.6) is 0 Å². The number of thiophene rings is 1. The average Bonchev–Trinajstić information content (AvgIpc) is 3.40. The summed E-state index contributed by atoms with van der Waals surface area (Å²) in [6, 6.07) is 3.84. The molecule has 0 aromatic carbocycles. The fourth-order valence-electron chi connectivity index (χ4n) is 4.91. The number of carbonyl (C=O) groups excluding carboxylic acids is 3. The minimum absolute atomic E-state index is 0.0675. The molecule has 1 aromatic rings. The van der Waals surface area contributed by atoms with E-state index in [2.05, 4.69) is 5.32 Å². The van der Waals surface area contributed by atoms with E-state index in [1.54, 1.807) is 0 Å². The van der Waals surface area contributed by atoms with Gasteiger partial charge in [0.2, 0.25) is 0 Å². The molecule has 0 spiro atoms. The summed E-state index contributed by atoms with van der Waals surface area (Å²) in [6.07, 6.45) is 4.37. The van der Waals surface area contributed by atoms with Crippen LogP contribution in [-0.4, -0.2) is 30.9 Å². The number of methoxy groups -OCH3 is 1. The van der Waals surface area contributed by atoms with Crippen LogP contribution in [0.25, 0.3) is 0 Å². The zero-order valence-electron chi connectivity index (χ0n) is 17.5. The van der Waals surface area contributed by atoms with Crippen molar-refractivity contribution in [1.29, 1.82) is 0 Å². The second kappa shape index (κ2) is 8.38. The molecule has 1 aromatic heterocycles. The summed E-state index contributed by atoms with van der Waals surface area (Å²) < 4.78 is 10.7. The van der Waals surface area contributed by atoms with Crippen molar-refractivity contribution in [2.45, 2.75) is 58.0 Å². The zero-order chi connectivity index (χ0) is 21.4. The lowest BCUT2D eigenvalue weighted by molar-refractivity contribution is -0.151. The molecule has 4 rings (SSSR count). The van der Waals surface area contributed by atoms with Gasteiger partial charge in [0.25, 0.3) is 0 Å². The van der Waals surface area contributed by atoms with Crippen molar-refractivity contribution in [3.63, 3.8) is 0 Å². The van der Waals surface area contributed by atoms with E-state index in [1.165, 1.54) is 18.4 Å². The van der Waals surface area contributed by atoms with E-state index in [1.807, 2.05) is 31.4 Å². The second-order valence-electron chi connectivity index (χ2n) is 8.36. The summed E-state index contributed by atoms with van der Waals surface area (Å²) in [5.74, 6) is -2.73. The molecule has 160 valence electrons. The van der Waals surface area contributed by atoms with Crippen molar-refractivity contribution in [2.75, 3.05) is 7.11 Å². The molecular weight excluding hydrogens is 402 g/mol. The lowest BCUT2D eigenvalue weighted by Crippen LogP contribution is -2.43. The van der Waals surface area contributed by atoms with Crippen molar-refractivity contribution in [1.82, 2.24) is 5.32 Å². The summed E-state index contributed by atoms with van der Waals surface area (Å²) in [5, 5.41) is 5.23. The largest absolute Gasteiger partial charge is 0.468 e. The van der Waals surface area contributed by atoms with E-state index in [4.69, 9.17) is 9.47 Å². The molecule has 30 heavy (non-hydrogen) atoms. The number of hydrogen-bond acceptors (Lipinski definition) is 7. The monoisotopic (exact) mass is 429 g/mol. The van der Waals surface area contributed by atoms with E-state index >= 15 is 0 Å². The summed E-state index contributed by atoms with van der Waals surface area (Å²) in [4.78, 5) is 40.0. The lowest BCUT2D eigenvalue weighted by Gasteiger charge is -2.38. The maximum atomic E-state index is 13.5. The van der Waals surface area contributed by atoms with Gasteiger partial charge in [0.1, 0.15) is 12.0 Å². The highest BCUT2D eigenvalue weighted by atomic mass is 32.1. The normalized spacial score (nSPS) is 27.0. The van der Waals surface area contributed by atoms with Gasteiger partial charge in [-0.05, 0) is 56.4 Å². The van der Waals surface area contributed by atoms with Gasteiger partial charge < -0.3 is 14.8 Å². The Hall–Kier alpha value is -2.41. The van der Waals surface area contributed by atoms with Crippen LogP contribution in [-0.2, 0) is 23.9 Å². The minimum atomic E-state index is -0.858. The van der Waals surface area contributed by atoms with Crippen LogP contribution < -0.4 is 5.32 Å². The topological polar surface area (TPSA) is 81.7 Å². The number of allylic oxidation sites excluding steroid dienone is 3. The predicted octanol–water partition coefficient (Wildman–Crippen LogP) is 3.85. The molecular formula is C23H27NO5S. The fourth-order valence-corrected chi connectivity index (χ4v) is 5.76. The second-order valence-corrected chi connectivity index (χ2v) is 9.34. The first-order valence-corrected chi connectivity index (χ1v) is 11.4. The van der Waals surface area contributed by atoms with Gasteiger partial charge >= 0.3 is 11.9 Å². The third-order valence-electron chi connectivity index (χ3n) is 6.37. The number of ether oxygens (including phenoxy) is 2. The summed E-state index contributed by atoms with van der Waals surface area (Å²) >= 11 is 1.50. The van der Waals surface area contributed by atoms with Crippen LogP contribution >= 0.6 is 11.3 Å². The molecule has 0 saturated heterocycles. The molecule has 6 nitrogen and oxygen atoms in total. The van der Waals surface area contributed by atoms with Crippen LogP contribution in [0.4, 0.5) is 0 Å². The quantitative estimate of drug-likeness (QED) is 0.578. The van der Waals surface area contributed by atoms with E-state index in [0.29, 0.717) is 23.3 Å². The van der Waals surface area contributed by atoms with E-state index in [9.17, 15) is 14.4 Å². The molecule has 0 bridgehead atoms. The maximum absolute atomic E-state index is 13.5. The number of rotatable bonds is 4. The van der Waals surface area contributed by atoms with Crippen molar-refractivity contribution in [3.05, 3.63) is 44.9 Å². The summed E-state index contributed by atoms with van der Waals surface area (Å²) in [5.41, 5.74) is 2.47. The van der Waals surface area contributed by atoms with Crippen molar-refractivity contribution >= 4 is 29.1 Å². The molecule has 2 aliphatic carbocycles. The van der Waals surface area contributed by atoms with Crippen molar-refractivity contribution in [3.8, 4) is 0 Å². The number of hydrogen-bond donors (Lipinski definition) is 1. The Balaban J connectivity index is 1.76. The van der Waals surface area contributed by atoms with Gasteiger partial charge in [-0.15, -0.1) is 11.3 Å². The minimum Gasteiger partial charge on any atom is -0.468 e. The van der Waals surface area contributed by atoms with Crippen LogP contribution in [0, 0.1) is 11.8 Å². The number of esters is 2. The van der Waals surface area contributed by atoms with Gasteiger partial charge in [-0.25, -0.2) is 4.79 Å². The van der Waals surface area contributed by atoms with Crippen molar-refractivity contribution < 1.29 is 23.9 Å². The first-order chi connectivity index (χ1) is 14.4. The Morgan fingerprint density at radius 2 is 1.97 bits per heavy atom. The molecule has 7 heteroatoms. The third kappa shape index (κ3) is 3.60. The molecule has 0 amide bonds. The lowest BCUT2D eigenvalue weighted by atomic mass is 9.70. The molecule has 1 saturated carbocycles. The number of carbonyl (C=O) groups is 3. The molecule has 3 aliphatic rings. The highest BCUT2D eigenvalue weighted by Gasteiger charge is 2.47. The summed E-state index contributed by atoms with van der Waals surface area (Å²) in [6.45, 7) is 3.74. The first-order valence-electron chi connectivity index (χ1n) is 10.5. The molecule has 1 fully saturated rings. The number of Topliss-reactive ketones (excluding diaryl/α,β-unsaturated/α-hetero) is 1. The van der Waals surface area contributed by atoms with Crippen LogP contribution in [0.3, 0.4) is 0 Å². The number of nitrogens with one attached hydrogen (secondary N) is 1. The van der Waals surface area contributed by atoms with Gasteiger partial charge in [0.05, 0.1) is 18.6 Å². The Morgan fingerprint density at radius 3 is 2.60 bits per heavy atom. The zero-order valence-corrected chi connectivity index (χ0v) is 18.3. The SMILES string of the molecule is COC(=O)[C@@H]1C(=O)C2=C(C[C@@H]1C)NC(C)=C(C(=O)OC1CCCC1)[C@H]2c1cccs1. The Morgan fingerprint density at radius 1 is 1.23 bits per heavy atom. The predicted molar refractivity (Wildman–Crippen MR) is 113 cm³/mol. The number of dihydropyridines is 1. The van der Waals surface area contributed by atoms with Gasteiger partial charge in [-0.3, -0.25) is 9.59 Å². The van der Waals surface area contributed by atoms with E-state index in [-0.39, 0.29) is 23.8 Å². The Bertz CT molecular complexity index is 923. The molecule has 2 heterocycles. The third-order valence-corrected chi connectivity index (χ3v) is 7.30. The average molecular weight is 430 g/mol. The Kier molecular flexibility index (Phi) is 5.82. The van der Waals surface area contributed by atoms with Crippen LogP contribution in [0.1, 0.15) is 56.7 Å². The standard InChI is InChI=1S/C23H27NO5S/c1-12-11-15-19(21(25)17(12)22(26)28-3)20(16-9-6-10-30-16)18(13(2)24-15)23(27)29-14-7-4-5-8-14/h6,9-10,12,14,17,20,24H,4-5,7-8,11H2,1-3H3/t12-,17-,20+/m0/s1. The highest BCUT2D eigenvalue weighted by Crippen LogP contribution is 2.46. The van der Waals surface area contributed by atoms with E-state index in [0.717, 1.165) is 36.3 Å². The van der Waals surface area contributed by atoms with Gasteiger partial charge in [0, 0.05) is 21.8 Å². The smallest absolute Gasteiger partial charge is 0.337 e. The molecule has 3 atom stereocenters. The molecule has 0 unspecified atom stereocenters. The van der Waals surface area contributed by atoms with Crippen LogP contribution in [0.2, 0.25) is 0 Å². The molecule has 1 N–H and O–H groups in total. The maximum Gasteiger partial charge on any atom is 0.337 e.